The molecule has 0 heterocycles. The van der Waals surface area contributed by atoms with E-state index >= 15 is 0 Å². The third-order valence-corrected chi connectivity index (χ3v) is 7.15. The number of carbonyl (C=O) groups is 6. The number of ketones is 2. The zero-order chi connectivity index (χ0) is 34.1. The van der Waals surface area contributed by atoms with Gasteiger partial charge in [0.2, 0.25) is 5.91 Å². The Balaban J connectivity index is 3.70. The molecule has 0 saturated heterocycles. The quantitative estimate of drug-likeness (QED) is 0.0650. The second kappa shape index (κ2) is 32.2. The number of aliphatic carboxylic acids is 2. The fourth-order valence-corrected chi connectivity index (χ4v) is 4.56. The highest BCUT2D eigenvalue weighted by Gasteiger charge is 2.22. The van der Waals surface area contributed by atoms with E-state index in [0.29, 0.717) is 45.4 Å². The van der Waals surface area contributed by atoms with Crippen molar-refractivity contribution in [3.63, 3.8) is 0 Å². The first kappa shape index (κ1) is 43.3. The number of Topliss-reactive ketones (excluding diaryl/α,β-unsaturated/α-hetero) is 2. The summed E-state index contributed by atoms with van der Waals surface area (Å²) < 4.78 is 20.9. The molecule has 46 heavy (non-hydrogen) atoms. The van der Waals surface area contributed by atoms with Crippen LogP contribution in [0.5, 0.6) is 0 Å². The van der Waals surface area contributed by atoms with Gasteiger partial charge in [0.1, 0.15) is 25.3 Å². The summed E-state index contributed by atoms with van der Waals surface area (Å²) in [4.78, 5) is 68.4. The molecule has 0 aliphatic carbocycles. The van der Waals surface area contributed by atoms with Crippen molar-refractivity contribution in [3.05, 3.63) is 0 Å². The van der Waals surface area contributed by atoms with E-state index in [1.807, 2.05) is 0 Å². The Morgan fingerprint density at radius 3 is 1.74 bits per heavy atom. The monoisotopic (exact) mass is 659 g/mol. The van der Waals surface area contributed by atoms with Crippen molar-refractivity contribution in [1.29, 1.82) is 0 Å². The van der Waals surface area contributed by atoms with Gasteiger partial charge in [0.15, 0.2) is 5.78 Å². The molecule has 0 aromatic rings. The van der Waals surface area contributed by atoms with E-state index in [-0.39, 0.29) is 82.7 Å². The summed E-state index contributed by atoms with van der Waals surface area (Å²) in [5.41, 5.74) is 0. The predicted octanol–water partition coefficient (Wildman–Crippen LogP) is 3.92. The minimum absolute atomic E-state index is 0.00795. The third kappa shape index (κ3) is 31.3. The van der Waals surface area contributed by atoms with Crippen LogP contribution >= 0.6 is 0 Å². The van der Waals surface area contributed by atoms with Gasteiger partial charge in [-0.15, -0.1) is 0 Å². The number of hydrogen-bond acceptors (Lipinski definition) is 10. The van der Waals surface area contributed by atoms with E-state index in [0.717, 1.165) is 64.2 Å². The number of nitrogens with one attached hydrogen (secondary N) is 1. The van der Waals surface area contributed by atoms with Gasteiger partial charge in [-0.3, -0.25) is 24.0 Å². The summed E-state index contributed by atoms with van der Waals surface area (Å²) >= 11 is 0. The average molecular weight is 660 g/mol. The van der Waals surface area contributed by atoms with Gasteiger partial charge in [0.05, 0.1) is 39.0 Å². The molecule has 0 rings (SSSR count). The van der Waals surface area contributed by atoms with E-state index in [1.54, 1.807) is 0 Å². The molecule has 0 aromatic heterocycles. The number of ether oxygens (including phenoxy) is 4. The van der Waals surface area contributed by atoms with Crippen LogP contribution in [0.15, 0.2) is 0 Å². The molecular formula is C33H57NO12. The zero-order valence-corrected chi connectivity index (χ0v) is 27.5. The van der Waals surface area contributed by atoms with Crippen LogP contribution in [-0.4, -0.2) is 105 Å². The normalized spacial score (nSPS) is 11.7. The van der Waals surface area contributed by atoms with Gasteiger partial charge in [-0.25, -0.2) is 0 Å². The van der Waals surface area contributed by atoms with Crippen LogP contribution in [0, 0.1) is 5.92 Å². The van der Waals surface area contributed by atoms with E-state index in [9.17, 15) is 33.9 Å². The van der Waals surface area contributed by atoms with Gasteiger partial charge < -0.3 is 39.3 Å². The van der Waals surface area contributed by atoms with E-state index < -0.39 is 17.9 Å². The predicted molar refractivity (Wildman–Crippen MR) is 170 cm³/mol. The molecule has 1 amide bonds. The first-order valence-electron chi connectivity index (χ1n) is 16.8. The standard InChI is InChI=1S/C33H57NO12/c35-18-21-45-23-22-43-19-11-13-30(37)27-46-25-24-44-20-17-34-31(38)16-15-28(33(41)42)26-29(36)12-9-7-5-3-1-2-4-6-8-10-14-32(39)40/h18,28H,1-17,19-27H2,(H,34,38)(H,39,40)(H,41,42)/t28-/m1/s1. The van der Waals surface area contributed by atoms with Crippen molar-refractivity contribution in [1.82, 2.24) is 5.32 Å². The van der Waals surface area contributed by atoms with Crippen molar-refractivity contribution in [2.24, 2.45) is 5.92 Å². The molecule has 0 aromatic carbocycles. The maximum Gasteiger partial charge on any atom is 0.306 e. The molecule has 1 atom stereocenters. The summed E-state index contributed by atoms with van der Waals surface area (Å²) in [6.07, 6.45) is 12.1. The number of carboxylic acid groups (broad SMARTS) is 2. The summed E-state index contributed by atoms with van der Waals surface area (Å²) in [7, 11) is 0. The van der Waals surface area contributed by atoms with Gasteiger partial charge in [-0.1, -0.05) is 51.4 Å². The second-order valence-electron chi connectivity index (χ2n) is 11.3. The van der Waals surface area contributed by atoms with Crippen molar-refractivity contribution >= 4 is 35.7 Å². The molecule has 0 saturated carbocycles. The summed E-state index contributed by atoms with van der Waals surface area (Å²) in [5, 5.41) is 20.8. The van der Waals surface area contributed by atoms with E-state index in [4.69, 9.17) is 24.1 Å². The van der Waals surface area contributed by atoms with Crippen LogP contribution in [0.25, 0.3) is 0 Å². The fraction of sp³-hybridized carbons (Fsp3) is 0.818. The molecule has 0 aliphatic heterocycles. The molecule has 13 heteroatoms. The van der Waals surface area contributed by atoms with Gasteiger partial charge in [0, 0.05) is 45.3 Å². The minimum Gasteiger partial charge on any atom is -0.481 e. The highest BCUT2D eigenvalue weighted by atomic mass is 16.5. The lowest BCUT2D eigenvalue weighted by Gasteiger charge is -2.12. The Morgan fingerprint density at radius 2 is 1.13 bits per heavy atom. The lowest BCUT2D eigenvalue weighted by molar-refractivity contribution is -0.144. The first-order valence-corrected chi connectivity index (χ1v) is 16.8. The largest absolute Gasteiger partial charge is 0.481 e. The summed E-state index contributed by atoms with van der Waals surface area (Å²) in [6, 6.07) is 0. The molecule has 0 radical (unpaired) electrons. The lowest BCUT2D eigenvalue weighted by Crippen LogP contribution is -2.29. The Morgan fingerprint density at radius 1 is 0.587 bits per heavy atom. The molecule has 13 nitrogen and oxygen atoms in total. The van der Waals surface area contributed by atoms with Gasteiger partial charge in [-0.05, 0) is 25.7 Å². The molecular weight excluding hydrogens is 602 g/mol. The number of hydrogen-bond donors (Lipinski definition) is 3. The van der Waals surface area contributed by atoms with Crippen molar-refractivity contribution in [2.75, 3.05) is 59.4 Å². The molecule has 3 N–H and O–H groups in total. The maximum atomic E-state index is 12.3. The average Bonchev–Trinajstić information content (AvgIpc) is 3.02. The van der Waals surface area contributed by atoms with E-state index in [1.165, 1.54) is 0 Å². The fourth-order valence-electron chi connectivity index (χ4n) is 4.56. The van der Waals surface area contributed by atoms with Crippen LogP contribution in [0.4, 0.5) is 0 Å². The zero-order valence-electron chi connectivity index (χ0n) is 27.5. The van der Waals surface area contributed by atoms with Crippen LogP contribution in [-0.2, 0) is 47.7 Å². The van der Waals surface area contributed by atoms with Crippen molar-refractivity contribution in [2.45, 2.75) is 109 Å². The van der Waals surface area contributed by atoms with Crippen LogP contribution in [0.3, 0.4) is 0 Å². The molecule has 0 aliphatic rings. The minimum atomic E-state index is -1.07. The molecule has 0 unspecified atom stereocenters. The Kier molecular flexibility index (Phi) is 30.3. The highest BCUT2D eigenvalue weighted by molar-refractivity contribution is 5.84. The van der Waals surface area contributed by atoms with Crippen LogP contribution in [0.1, 0.15) is 109 Å². The maximum absolute atomic E-state index is 12.3. The van der Waals surface area contributed by atoms with Gasteiger partial charge >= 0.3 is 11.9 Å². The Hall–Kier alpha value is -2.74. The van der Waals surface area contributed by atoms with Crippen molar-refractivity contribution in [3.8, 4) is 0 Å². The number of rotatable bonds is 36. The molecule has 0 spiro atoms. The van der Waals surface area contributed by atoms with Gasteiger partial charge in [0.25, 0.3) is 0 Å². The topological polar surface area (TPSA) is 192 Å². The number of amides is 1. The van der Waals surface area contributed by atoms with Gasteiger partial charge in [-0.2, -0.15) is 0 Å². The highest BCUT2D eigenvalue weighted by Crippen LogP contribution is 2.16. The SMILES string of the molecule is O=CCOCCOCCCC(=O)COCCOCCNC(=O)CC[C@H](CC(=O)CCCCCCCCCCCCC(=O)O)C(=O)O. The Labute approximate surface area is 273 Å². The Bertz CT molecular complexity index is 835. The number of unbranched alkanes of at least 4 members (excludes halogenated alkanes) is 9. The van der Waals surface area contributed by atoms with Crippen LogP contribution in [0.2, 0.25) is 0 Å². The first-order chi connectivity index (χ1) is 22.3. The lowest BCUT2D eigenvalue weighted by atomic mass is 9.94. The summed E-state index contributed by atoms with van der Waals surface area (Å²) in [5.74, 6) is -3.13. The molecule has 0 bridgehead atoms. The number of carboxylic acids is 2. The van der Waals surface area contributed by atoms with E-state index in [2.05, 4.69) is 5.32 Å². The third-order valence-electron chi connectivity index (χ3n) is 7.15. The number of aldehydes is 1. The van der Waals surface area contributed by atoms with Crippen molar-refractivity contribution < 1.29 is 57.9 Å². The molecule has 266 valence electrons. The molecule has 0 fully saturated rings. The van der Waals surface area contributed by atoms with Crippen LogP contribution < -0.4 is 5.32 Å². The smallest absolute Gasteiger partial charge is 0.306 e. The second-order valence-corrected chi connectivity index (χ2v) is 11.3. The summed E-state index contributed by atoms with van der Waals surface area (Å²) in [6.45, 7) is 2.13. The number of carbonyl (C=O) groups excluding carboxylic acids is 4.